The number of benzene rings is 1. The van der Waals surface area contributed by atoms with E-state index in [0.717, 1.165) is 6.42 Å². The average Bonchev–Trinajstić information content (AvgIpc) is 2.21. The molecule has 0 aromatic heterocycles. The van der Waals surface area contributed by atoms with E-state index in [0.29, 0.717) is 0 Å². The van der Waals surface area contributed by atoms with E-state index in [-0.39, 0.29) is 18.1 Å². The van der Waals surface area contributed by atoms with Gasteiger partial charge in [-0.1, -0.05) is 32.9 Å². The minimum atomic E-state index is -0.159. The molecule has 0 aliphatic rings. The summed E-state index contributed by atoms with van der Waals surface area (Å²) in [6.45, 7) is 11.0. The van der Waals surface area contributed by atoms with Crippen molar-refractivity contribution >= 4 is 0 Å². The minimum Gasteiger partial charge on any atom is -0.395 e. The zero-order chi connectivity index (χ0) is 13.2. The summed E-state index contributed by atoms with van der Waals surface area (Å²) in [5, 5.41) is 9.04. The Labute approximate surface area is 105 Å². The molecule has 0 fully saturated rings. The van der Waals surface area contributed by atoms with Gasteiger partial charge in [-0.25, -0.2) is 0 Å². The SMILES string of the molecule is Cc1cc(C(C)(C)C)cc(C)c1CC(N)CO. The van der Waals surface area contributed by atoms with Crippen LogP contribution in [0.5, 0.6) is 0 Å². The predicted octanol–water partition coefficient (Wildman–Crippen LogP) is 2.46. The fourth-order valence-electron chi connectivity index (χ4n) is 2.08. The molecule has 1 atom stereocenters. The van der Waals surface area contributed by atoms with Crippen LogP contribution in [0.1, 0.15) is 43.0 Å². The second-order valence-corrected chi connectivity index (χ2v) is 5.99. The molecule has 0 saturated heterocycles. The van der Waals surface area contributed by atoms with Crippen molar-refractivity contribution in [2.75, 3.05) is 6.61 Å². The maximum absolute atomic E-state index is 9.04. The van der Waals surface area contributed by atoms with E-state index in [1.807, 2.05) is 0 Å². The molecule has 0 radical (unpaired) electrons. The molecule has 0 amide bonds. The van der Waals surface area contributed by atoms with Gasteiger partial charge in [0.25, 0.3) is 0 Å². The highest BCUT2D eigenvalue weighted by Gasteiger charge is 2.17. The van der Waals surface area contributed by atoms with Crippen LogP contribution in [0.3, 0.4) is 0 Å². The highest BCUT2D eigenvalue weighted by atomic mass is 16.3. The Morgan fingerprint density at radius 2 is 1.65 bits per heavy atom. The molecule has 0 heterocycles. The zero-order valence-corrected chi connectivity index (χ0v) is 11.7. The van der Waals surface area contributed by atoms with Gasteiger partial charge in [-0.05, 0) is 47.9 Å². The lowest BCUT2D eigenvalue weighted by atomic mass is 9.83. The average molecular weight is 235 g/mol. The molecule has 1 aromatic rings. The van der Waals surface area contributed by atoms with Gasteiger partial charge in [0.05, 0.1) is 6.61 Å². The topological polar surface area (TPSA) is 46.2 Å². The van der Waals surface area contributed by atoms with Crippen LogP contribution in [0, 0.1) is 13.8 Å². The molecule has 96 valence electrons. The first-order valence-corrected chi connectivity index (χ1v) is 6.22. The normalized spacial score (nSPS) is 13.8. The summed E-state index contributed by atoms with van der Waals surface area (Å²) in [6.07, 6.45) is 0.749. The molecule has 2 nitrogen and oxygen atoms in total. The van der Waals surface area contributed by atoms with Crippen LogP contribution in [-0.2, 0) is 11.8 Å². The number of aryl methyl sites for hydroxylation is 2. The lowest BCUT2D eigenvalue weighted by molar-refractivity contribution is 0.265. The van der Waals surface area contributed by atoms with Crippen LogP contribution in [0.4, 0.5) is 0 Å². The molecule has 2 heteroatoms. The molecular weight excluding hydrogens is 210 g/mol. The second-order valence-electron chi connectivity index (χ2n) is 5.99. The second kappa shape index (κ2) is 5.19. The number of hydrogen-bond acceptors (Lipinski definition) is 2. The molecule has 0 aliphatic heterocycles. The first-order chi connectivity index (χ1) is 7.75. The van der Waals surface area contributed by atoms with E-state index in [9.17, 15) is 0 Å². The number of rotatable bonds is 3. The third-order valence-corrected chi connectivity index (χ3v) is 3.26. The molecular formula is C15H25NO. The van der Waals surface area contributed by atoms with E-state index in [4.69, 9.17) is 10.8 Å². The molecule has 3 N–H and O–H groups in total. The maximum atomic E-state index is 9.04. The van der Waals surface area contributed by atoms with Gasteiger partial charge in [-0.3, -0.25) is 0 Å². The summed E-state index contributed by atoms with van der Waals surface area (Å²) in [5.74, 6) is 0. The largest absolute Gasteiger partial charge is 0.395 e. The lowest BCUT2D eigenvalue weighted by Gasteiger charge is -2.23. The fraction of sp³-hybridized carbons (Fsp3) is 0.600. The minimum absolute atomic E-state index is 0.0416. The van der Waals surface area contributed by atoms with Crippen LogP contribution >= 0.6 is 0 Å². The Balaban J connectivity index is 3.11. The van der Waals surface area contributed by atoms with Crippen molar-refractivity contribution in [3.63, 3.8) is 0 Å². The van der Waals surface area contributed by atoms with Crippen LogP contribution in [-0.4, -0.2) is 17.8 Å². The van der Waals surface area contributed by atoms with Gasteiger partial charge in [0.15, 0.2) is 0 Å². The van der Waals surface area contributed by atoms with Gasteiger partial charge < -0.3 is 10.8 Å². The summed E-state index contributed by atoms with van der Waals surface area (Å²) >= 11 is 0. The number of aliphatic hydroxyl groups is 1. The zero-order valence-electron chi connectivity index (χ0n) is 11.7. The Morgan fingerprint density at radius 1 is 1.18 bits per heavy atom. The van der Waals surface area contributed by atoms with Crippen LogP contribution in [0.25, 0.3) is 0 Å². The Hall–Kier alpha value is -0.860. The van der Waals surface area contributed by atoms with Crippen LogP contribution < -0.4 is 5.73 Å². The number of aliphatic hydroxyl groups excluding tert-OH is 1. The van der Waals surface area contributed by atoms with Crippen molar-refractivity contribution in [2.45, 2.75) is 52.5 Å². The number of nitrogens with two attached hydrogens (primary N) is 1. The molecule has 1 unspecified atom stereocenters. The van der Waals surface area contributed by atoms with E-state index < -0.39 is 0 Å². The highest BCUT2D eigenvalue weighted by molar-refractivity contribution is 5.40. The van der Waals surface area contributed by atoms with Gasteiger partial charge in [0, 0.05) is 6.04 Å². The summed E-state index contributed by atoms with van der Waals surface area (Å²) in [6, 6.07) is 4.33. The molecule has 0 spiro atoms. The molecule has 0 bridgehead atoms. The van der Waals surface area contributed by atoms with Gasteiger partial charge in [0.1, 0.15) is 0 Å². The molecule has 1 aromatic carbocycles. The van der Waals surface area contributed by atoms with Crippen LogP contribution in [0.2, 0.25) is 0 Å². The smallest absolute Gasteiger partial charge is 0.0585 e. The standard InChI is InChI=1S/C15H25NO/c1-10-6-12(15(3,4)5)7-11(2)14(10)8-13(16)9-17/h6-7,13,17H,8-9,16H2,1-5H3. The van der Waals surface area contributed by atoms with Gasteiger partial charge in [-0.2, -0.15) is 0 Å². The van der Waals surface area contributed by atoms with Crippen molar-refractivity contribution in [1.29, 1.82) is 0 Å². The van der Waals surface area contributed by atoms with E-state index >= 15 is 0 Å². The summed E-state index contributed by atoms with van der Waals surface area (Å²) in [4.78, 5) is 0. The lowest BCUT2D eigenvalue weighted by Crippen LogP contribution is -2.27. The van der Waals surface area contributed by atoms with Crippen LogP contribution in [0.15, 0.2) is 12.1 Å². The van der Waals surface area contributed by atoms with Gasteiger partial charge in [-0.15, -0.1) is 0 Å². The first-order valence-electron chi connectivity index (χ1n) is 6.22. The van der Waals surface area contributed by atoms with E-state index in [1.165, 1.54) is 22.3 Å². The Morgan fingerprint density at radius 3 is 2.00 bits per heavy atom. The maximum Gasteiger partial charge on any atom is 0.0585 e. The van der Waals surface area contributed by atoms with Gasteiger partial charge in [0.2, 0.25) is 0 Å². The van der Waals surface area contributed by atoms with Crippen molar-refractivity contribution < 1.29 is 5.11 Å². The predicted molar refractivity (Wildman–Crippen MR) is 73.4 cm³/mol. The van der Waals surface area contributed by atoms with E-state index in [1.54, 1.807) is 0 Å². The monoisotopic (exact) mass is 235 g/mol. The molecule has 0 aliphatic carbocycles. The first kappa shape index (κ1) is 14.2. The van der Waals surface area contributed by atoms with Crippen molar-refractivity contribution in [2.24, 2.45) is 5.73 Å². The summed E-state index contributed by atoms with van der Waals surface area (Å²) in [7, 11) is 0. The molecule has 0 saturated carbocycles. The van der Waals surface area contributed by atoms with Crippen molar-refractivity contribution in [1.82, 2.24) is 0 Å². The Kier molecular flexibility index (Phi) is 4.34. The molecule has 1 rings (SSSR count). The quantitative estimate of drug-likeness (QED) is 0.845. The third kappa shape index (κ3) is 3.55. The summed E-state index contributed by atoms with van der Waals surface area (Å²) < 4.78 is 0. The van der Waals surface area contributed by atoms with Gasteiger partial charge >= 0.3 is 0 Å². The molecule has 17 heavy (non-hydrogen) atoms. The van der Waals surface area contributed by atoms with Crippen molar-refractivity contribution in [3.05, 3.63) is 34.4 Å². The summed E-state index contributed by atoms with van der Waals surface area (Å²) in [5.41, 5.74) is 11.2. The Bertz CT molecular complexity index is 367. The van der Waals surface area contributed by atoms with Crippen molar-refractivity contribution in [3.8, 4) is 0 Å². The third-order valence-electron chi connectivity index (χ3n) is 3.26. The van der Waals surface area contributed by atoms with E-state index in [2.05, 4.69) is 46.8 Å². The number of hydrogen-bond donors (Lipinski definition) is 2. The highest BCUT2D eigenvalue weighted by Crippen LogP contribution is 2.27. The fourth-order valence-corrected chi connectivity index (χ4v) is 2.08.